The summed E-state index contributed by atoms with van der Waals surface area (Å²) in [6.07, 6.45) is 0.781. The van der Waals surface area contributed by atoms with Gasteiger partial charge >= 0.3 is 0 Å². The van der Waals surface area contributed by atoms with Crippen LogP contribution in [0.15, 0.2) is 40.8 Å². The van der Waals surface area contributed by atoms with Crippen LogP contribution in [-0.4, -0.2) is 11.6 Å². The van der Waals surface area contributed by atoms with Gasteiger partial charge in [-0.25, -0.2) is 0 Å². The molecular formula is C25H31NO. The van der Waals surface area contributed by atoms with Crippen molar-refractivity contribution in [3.63, 3.8) is 0 Å². The van der Waals surface area contributed by atoms with Crippen molar-refractivity contribution in [3.05, 3.63) is 42.0 Å². The number of hydrogen-bond donors (Lipinski definition) is 0. The number of rotatable bonds is 1. The van der Waals surface area contributed by atoms with E-state index in [1.807, 2.05) is 43.3 Å². The molecular weight excluding hydrogens is 330 g/mol. The first-order valence-electron chi connectivity index (χ1n) is 13.9. The second-order valence-electron chi connectivity index (χ2n) is 8.30. The van der Waals surface area contributed by atoms with Crippen LogP contribution in [0.2, 0.25) is 0 Å². The Morgan fingerprint density at radius 3 is 2.63 bits per heavy atom. The summed E-state index contributed by atoms with van der Waals surface area (Å²) < 4.78 is 76.7. The molecule has 1 aliphatic carbocycles. The average molecular weight is 370 g/mol. The molecule has 1 spiro atoms. The smallest absolute Gasteiger partial charge is 0.158 e. The summed E-state index contributed by atoms with van der Waals surface area (Å²) in [7, 11) is 0. The zero-order valence-electron chi connectivity index (χ0n) is 23.9. The third-order valence-corrected chi connectivity index (χ3v) is 6.69. The number of nitrogens with zero attached hydrogens (tertiary/aromatic N) is 1. The van der Waals surface area contributed by atoms with Crippen molar-refractivity contribution in [1.29, 1.82) is 0 Å². The average Bonchev–Trinajstić information content (AvgIpc) is 3.20. The highest BCUT2D eigenvalue weighted by atomic mass is 16.3. The lowest BCUT2D eigenvalue weighted by molar-refractivity contribution is 0.170. The van der Waals surface area contributed by atoms with Gasteiger partial charge in [0.1, 0.15) is 5.58 Å². The number of fused-ring (bicyclic) bond motifs is 3. The SMILES string of the molecule is [2H]C([2H])([2H])C1(C([2H])([2H])[2H])N(c2c(C)ccc3c2oc2ccccc23)[C@@H](C)C2(CCCCC2)C1([2H])[2H]. The van der Waals surface area contributed by atoms with Crippen molar-refractivity contribution in [2.75, 3.05) is 4.90 Å². The molecule has 2 aliphatic rings. The molecule has 1 aliphatic heterocycles. The predicted molar refractivity (Wildman–Crippen MR) is 115 cm³/mol. The summed E-state index contributed by atoms with van der Waals surface area (Å²) in [5.74, 6) is 0. The molecule has 2 heterocycles. The molecule has 3 aromatic rings. The second-order valence-corrected chi connectivity index (χ2v) is 8.30. The predicted octanol–water partition coefficient (Wildman–Crippen LogP) is 7.22. The number of hydrogen-bond acceptors (Lipinski definition) is 2. The van der Waals surface area contributed by atoms with Gasteiger partial charge in [-0.1, -0.05) is 49.6 Å². The van der Waals surface area contributed by atoms with Gasteiger partial charge in [0.15, 0.2) is 5.58 Å². The maximum absolute atomic E-state index is 9.42. The van der Waals surface area contributed by atoms with Crippen molar-refractivity contribution < 1.29 is 15.4 Å². The maximum Gasteiger partial charge on any atom is 0.158 e. The minimum absolute atomic E-state index is 0.366. The summed E-state index contributed by atoms with van der Waals surface area (Å²) in [6.45, 7) is -2.67. The van der Waals surface area contributed by atoms with E-state index in [0.29, 0.717) is 35.3 Å². The van der Waals surface area contributed by atoms with Gasteiger partial charge in [0.25, 0.3) is 0 Å². The molecule has 142 valence electrons. The summed E-state index contributed by atoms with van der Waals surface area (Å²) in [6, 6.07) is 10.5. The molecule has 0 bridgehead atoms. The van der Waals surface area contributed by atoms with Crippen molar-refractivity contribution in [3.8, 4) is 0 Å². The molecule has 5 rings (SSSR count). The molecule has 2 nitrogen and oxygen atoms in total. The first-order valence-corrected chi connectivity index (χ1v) is 9.92. The molecule has 1 atom stereocenters. The molecule has 0 radical (unpaired) electrons. The Kier molecular flexibility index (Phi) is 2.25. The van der Waals surface area contributed by atoms with Gasteiger partial charge in [0, 0.05) is 33.3 Å². The first kappa shape index (κ1) is 10.5. The molecule has 1 saturated heterocycles. The van der Waals surface area contributed by atoms with Gasteiger partial charge in [0.05, 0.1) is 5.69 Å². The van der Waals surface area contributed by atoms with Gasteiger partial charge in [-0.05, 0) is 63.8 Å². The lowest BCUT2D eigenvalue weighted by Gasteiger charge is -2.41. The van der Waals surface area contributed by atoms with Gasteiger partial charge in [-0.3, -0.25) is 0 Å². The fourth-order valence-electron chi connectivity index (χ4n) is 5.32. The minimum atomic E-state index is -3.14. The number of aryl methyl sites for hydroxylation is 1. The summed E-state index contributed by atoms with van der Waals surface area (Å²) in [4.78, 5) is 1.42. The van der Waals surface area contributed by atoms with Crippen LogP contribution < -0.4 is 4.90 Å². The summed E-state index contributed by atoms with van der Waals surface area (Å²) in [5, 5.41) is 1.60. The highest BCUT2D eigenvalue weighted by Gasteiger charge is 2.54. The third kappa shape index (κ3) is 2.38. The highest BCUT2D eigenvalue weighted by Crippen LogP contribution is 2.57. The molecule has 0 N–H and O–H groups in total. The Balaban J connectivity index is 1.94. The van der Waals surface area contributed by atoms with Crippen LogP contribution in [0.1, 0.15) is 75.6 Å². The molecule has 2 fully saturated rings. The third-order valence-electron chi connectivity index (χ3n) is 6.69. The van der Waals surface area contributed by atoms with Crippen molar-refractivity contribution in [2.45, 2.75) is 77.6 Å². The van der Waals surface area contributed by atoms with Gasteiger partial charge in [-0.2, -0.15) is 0 Å². The van der Waals surface area contributed by atoms with Crippen LogP contribution >= 0.6 is 0 Å². The van der Waals surface area contributed by atoms with E-state index in [0.717, 1.165) is 30.0 Å². The zero-order chi connectivity index (χ0) is 25.6. The van der Waals surface area contributed by atoms with E-state index in [-0.39, 0.29) is 0 Å². The number of benzene rings is 2. The van der Waals surface area contributed by atoms with Gasteiger partial charge < -0.3 is 9.32 Å². The normalized spacial score (nSPS) is 31.5. The largest absolute Gasteiger partial charge is 0.454 e. The van der Waals surface area contributed by atoms with Crippen LogP contribution in [-0.2, 0) is 0 Å². The molecule has 27 heavy (non-hydrogen) atoms. The molecule has 0 amide bonds. The Bertz CT molecular complexity index is 1270. The summed E-state index contributed by atoms with van der Waals surface area (Å²) >= 11 is 0. The van der Waals surface area contributed by atoms with Crippen LogP contribution in [0.3, 0.4) is 0 Å². The van der Waals surface area contributed by atoms with Crippen LogP contribution in [0.4, 0.5) is 5.69 Å². The molecule has 2 aromatic carbocycles. The second kappa shape index (κ2) is 5.77. The summed E-state index contributed by atoms with van der Waals surface area (Å²) in [5.41, 5.74) is -1.82. The fourth-order valence-corrected chi connectivity index (χ4v) is 5.32. The molecule has 1 saturated carbocycles. The van der Waals surface area contributed by atoms with E-state index in [9.17, 15) is 2.74 Å². The van der Waals surface area contributed by atoms with Crippen LogP contribution in [0.5, 0.6) is 0 Å². The molecule has 2 heteroatoms. The van der Waals surface area contributed by atoms with E-state index in [1.54, 1.807) is 6.92 Å². The van der Waals surface area contributed by atoms with E-state index in [1.165, 1.54) is 4.90 Å². The van der Waals surface area contributed by atoms with Crippen LogP contribution in [0.25, 0.3) is 21.9 Å². The molecule has 1 aromatic heterocycles. The highest BCUT2D eigenvalue weighted by molar-refractivity contribution is 6.09. The lowest BCUT2D eigenvalue weighted by Crippen LogP contribution is -2.44. The minimum Gasteiger partial charge on any atom is -0.454 e. The van der Waals surface area contributed by atoms with Gasteiger partial charge in [-0.15, -0.1) is 0 Å². The van der Waals surface area contributed by atoms with Crippen molar-refractivity contribution >= 4 is 27.6 Å². The standard InChI is InChI=1S/C25H31NO/c1-17-12-13-20-19-10-6-7-11-21(19)27-23(20)22(17)26-18(2)25(16-24(26,3)4)14-8-5-9-15-25/h6-7,10-13,18H,5,8-9,14-16H2,1-4H3/t18-/m0/s1/i3D3,4D3,16D2. The van der Waals surface area contributed by atoms with E-state index in [4.69, 9.17) is 12.6 Å². The van der Waals surface area contributed by atoms with E-state index < -0.39 is 37.1 Å². The lowest BCUT2D eigenvalue weighted by atomic mass is 9.68. The Labute approximate surface area is 173 Å². The van der Waals surface area contributed by atoms with E-state index in [2.05, 4.69) is 0 Å². The zero-order valence-corrected chi connectivity index (χ0v) is 15.9. The Morgan fingerprint density at radius 2 is 1.85 bits per heavy atom. The maximum atomic E-state index is 9.42. The van der Waals surface area contributed by atoms with Crippen LogP contribution in [0, 0.1) is 12.3 Å². The van der Waals surface area contributed by atoms with E-state index >= 15 is 0 Å². The quantitative estimate of drug-likeness (QED) is 0.450. The van der Waals surface area contributed by atoms with Crippen molar-refractivity contribution in [2.24, 2.45) is 5.41 Å². The van der Waals surface area contributed by atoms with Gasteiger partial charge in [0.2, 0.25) is 0 Å². The monoisotopic (exact) mass is 369 g/mol. The Hall–Kier alpha value is -1.96. The number of para-hydroxylation sites is 1. The first-order chi connectivity index (χ1) is 16.2. The molecule has 0 unspecified atom stereocenters. The Morgan fingerprint density at radius 1 is 1.07 bits per heavy atom. The number of anilines is 1. The number of furan rings is 1. The topological polar surface area (TPSA) is 16.4 Å². The fraction of sp³-hybridized carbons (Fsp3) is 0.520. The van der Waals surface area contributed by atoms with Crippen molar-refractivity contribution in [1.82, 2.24) is 0 Å².